The molecule has 0 spiro atoms. The first-order valence-electron chi connectivity index (χ1n) is 7.55. The lowest BCUT2D eigenvalue weighted by Gasteiger charge is -2.08. The highest BCUT2D eigenvalue weighted by Crippen LogP contribution is 2.31. The zero-order valence-electron chi connectivity index (χ0n) is 14.3. The van der Waals surface area contributed by atoms with Gasteiger partial charge in [-0.25, -0.2) is 0 Å². The summed E-state index contributed by atoms with van der Waals surface area (Å²) in [7, 11) is 1.46. The van der Waals surface area contributed by atoms with Gasteiger partial charge in [-0.3, -0.25) is 10.1 Å². The number of hydrogen-bond donors (Lipinski definition) is 2. The van der Waals surface area contributed by atoms with E-state index in [4.69, 9.17) is 10.5 Å². The highest BCUT2D eigenvalue weighted by atomic mass is 16.6. The first kappa shape index (κ1) is 20.2. The van der Waals surface area contributed by atoms with E-state index in [-0.39, 0.29) is 5.69 Å². The summed E-state index contributed by atoms with van der Waals surface area (Å²) in [6.45, 7) is 8.00. The fourth-order valence-corrected chi connectivity index (χ4v) is 1.62. The van der Waals surface area contributed by atoms with Crippen LogP contribution < -0.4 is 15.8 Å². The van der Waals surface area contributed by atoms with Crippen LogP contribution in [0.2, 0.25) is 0 Å². The van der Waals surface area contributed by atoms with Crippen LogP contribution in [0.15, 0.2) is 42.5 Å². The number of nitro benzene ring substituents is 1. The quantitative estimate of drug-likeness (QED) is 0.471. The van der Waals surface area contributed by atoms with Crippen LogP contribution in [0.4, 0.5) is 22.7 Å². The monoisotopic (exact) mass is 319 g/mol. The number of methoxy groups -OCH3 is 1. The molecule has 0 atom stereocenters. The molecule has 0 aliphatic carbocycles. The molecule has 0 aromatic heterocycles. The van der Waals surface area contributed by atoms with Crippen LogP contribution in [0.5, 0.6) is 5.75 Å². The van der Waals surface area contributed by atoms with Gasteiger partial charge in [0, 0.05) is 11.4 Å². The molecule has 2 aromatic carbocycles. The molecule has 3 N–H and O–H groups in total. The largest absolute Gasteiger partial charge is 0.496 e. The summed E-state index contributed by atoms with van der Waals surface area (Å²) in [6.07, 6.45) is 0. The molecule has 6 heteroatoms. The van der Waals surface area contributed by atoms with E-state index in [1.165, 1.54) is 13.2 Å². The van der Waals surface area contributed by atoms with Crippen LogP contribution in [-0.2, 0) is 0 Å². The van der Waals surface area contributed by atoms with Gasteiger partial charge in [-0.05, 0) is 36.4 Å². The summed E-state index contributed by atoms with van der Waals surface area (Å²) < 4.78 is 4.98. The van der Waals surface area contributed by atoms with Crippen molar-refractivity contribution in [2.24, 2.45) is 0 Å². The lowest BCUT2D eigenvalue weighted by atomic mass is 10.2. The second-order valence-corrected chi connectivity index (χ2v) is 3.89. The average molecular weight is 319 g/mol. The lowest BCUT2D eigenvalue weighted by molar-refractivity contribution is -0.384. The number of hydrogen-bond acceptors (Lipinski definition) is 5. The number of nitrogens with zero attached hydrogens (tertiary/aromatic N) is 1. The summed E-state index contributed by atoms with van der Waals surface area (Å²) in [4.78, 5) is 10.6. The van der Waals surface area contributed by atoms with Crippen molar-refractivity contribution in [3.8, 4) is 5.75 Å². The van der Waals surface area contributed by atoms with E-state index in [1.807, 2.05) is 27.7 Å². The Kier molecular flexibility index (Phi) is 9.59. The van der Waals surface area contributed by atoms with Gasteiger partial charge in [0.05, 0.1) is 18.1 Å². The summed E-state index contributed by atoms with van der Waals surface area (Å²) in [5, 5.41) is 14.0. The van der Waals surface area contributed by atoms with Crippen LogP contribution in [-0.4, -0.2) is 12.0 Å². The Bertz CT molecular complexity index is 599. The molecule has 0 radical (unpaired) electrons. The van der Waals surface area contributed by atoms with Crippen molar-refractivity contribution in [3.05, 3.63) is 52.6 Å². The van der Waals surface area contributed by atoms with Gasteiger partial charge in [0.1, 0.15) is 11.4 Å². The summed E-state index contributed by atoms with van der Waals surface area (Å²) in [6, 6.07) is 11.6. The van der Waals surface area contributed by atoms with Gasteiger partial charge in [-0.2, -0.15) is 0 Å². The molecule has 126 valence electrons. The Labute approximate surface area is 137 Å². The molecule has 2 rings (SSSR count). The maximum absolute atomic E-state index is 11.0. The second kappa shape index (κ2) is 10.9. The minimum atomic E-state index is -0.456. The Morgan fingerprint density at radius 1 is 1.04 bits per heavy atom. The van der Waals surface area contributed by atoms with Gasteiger partial charge in [0.15, 0.2) is 0 Å². The molecular formula is C17H25N3O3. The van der Waals surface area contributed by atoms with Gasteiger partial charge in [0.25, 0.3) is 5.69 Å². The van der Waals surface area contributed by atoms with E-state index in [9.17, 15) is 10.1 Å². The molecular weight excluding hydrogens is 294 g/mol. The summed E-state index contributed by atoms with van der Waals surface area (Å²) in [5.74, 6) is 0.439. The van der Waals surface area contributed by atoms with Crippen molar-refractivity contribution in [1.82, 2.24) is 0 Å². The van der Waals surface area contributed by atoms with Crippen LogP contribution in [0.1, 0.15) is 27.7 Å². The van der Waals surface area contributed by atoms with Gasteiger partial charge < -0.3 is 15.8 Å². The molecule has 0 aliphatic rings. The van der Waals surface area contributed by atoms with Crippen molar-refractivity contribution in [1.29, 1.82) is 0 Å². The van der Waals surface area contributed by atoms with Gasteiger partial charge in [-0.1, -0.05) is 27.7 Å². The molecule has 0 saturated heterocycles. The number of nitrogen functional groups attached to an aromatic ring is 1. The molecule has 0 aliphatic heterocycles. The summed E-state index contributed by atoms with van der Waals surface area (Å²) in [5.41, 5.74) is 7.30. The third-order valence-corrected chi connectivity index (χ3v) is 2.59. The van der Waals surface area contributed by atoms with E-state index in [0.29, 0.717) is 17.1 Å². The molecule has 0 saturated carbocycles. The fraction of sp³-hybridized carbons (Fsp3) is 0.294. The van der Waals surface area contributed by atoms with Crippen LogP contribution in [0.25, 0.3) is 0 Å². The van der Waals surface area contributed by atoms with Gasteiger partial charge in [0.2, 0.25) is 0 Å². The second-order valence-electron chi connectivity index (χ2n) is 3.89. The van der Waals surface area contributed by atoms with Crippen molar-refractivity contribution < 1.29 is 9.66 Å². The van der Waals surface area contributed by atoms with E-state index in [1.54, 1.807) is 36.4 Å². The number of nitro groups is 1. The molecule has 0 unspecified atom stereocenters. The predicted molar refractivity (Wildman–Crippen MR) is 96.5 cm³/mol. The number of anilines is 3. The van der Waals surface area contributed by atoms with Gasteiger partial charge >= 0.3 is 0 Å². The fourth-order valence-electron chi connectivity index (χ4n) is 1.62. The molecule has 23 heavy (non-hydrogen) atoms. The van der Waals surface area contributed by atoms with Crippen LogP contribution in [0.3, 0.4) is 0 Å². The SMILES string of the molecule is CC.CC.COc1ccc(Nc2ccc(N)cc2)c([N+](=O)[O-])c1. The third kappa shape index (κ3) is 6.25. The third-order valence-electron chi connectivity index (χ3n) is 2.59. The molecule has 2 aromatic rings. The molecule has 0 heterocycles. The van der Waals surface area contributed by atoms with Crippen molar-refractivity contribution >= 4 is 22.7 Å². The normalized spacial score (nSPS) is 8.74. The molecule has 0 fully saturated rings. The van der Waals surface area contributed by atoms with Gasteiger partial charge in [-0.15, -0.1) is 0 Å². The Balaban J connectivity index is 0.00000112. The van der Waals surface area contributed by atoms with E-state index >= 15 is 0 Å². The first-order chi connectivity index (χ1) is 11.1. The zero-order chi connectivity index (χ0) is 17.8. The number of rotatable bonds is 4. The lowest BCUT2D eigenvalue weighted by Crippen LogP contribution is -1.98. The Morgan fingerprint density at radius 2 is 1.61 bits per heavy atom. The predicted octanol–water partition coefficient (Wildman–Crippen LogP) is 4.98. The van der Waals surface area contributed by atoms with Crippen molar-refractivity contribution in [2.45, 2.75) is 27.7 Å². The standard InChI is InChI=1S/C13H13N3O3.2C2H6/c1-19-11-6-7-12(13(8-11)16(17)18)15-10-4-2-9(14)3-5-10;2*1-2/h2-8,15H,14H2,1H3;2*1-2H3. The zero-order valence-corrected chi connectivity index (χ0v) is 14.3. The summed E-state index contributed by atoms with van der Waals surface area (Å²) >= 11 is 0. The maximum Gasteiger partial charge on any atom is 0.296 e. The topological polar surface area (TPSA) is 90.4 Å². The minimum absolute atomic E-state index is 0.0452. The Hall–Kier alpha value is -2.76. The smallest absolute Gasteiger partial charge is 0.296 e. The highest BCUT2D eigenvalue weighted by molar-refractivity contribution is 5.71. The first-order valence-corrected chi connectivity index (χ1v) is 7.55. The number of nitrogens with one attached hydrogen (secondary N) is 1. The maximum atomic E-state index is 11.0. The number of benzene rings is 2. The number of ether oxygens (including phenoxy) is 1. The van der Waals surface area contributed by atoms with E-state index in [2.05, 4.69) is 5.32 Å². The Morgan fingerprint density at radius 3 is 2.09 bits per heavy atom. The van der Waals surface area contributed by atoms with Crippen LogP contribution >= 0.6 is 0 Å². The minimum Gasteiger partial charge on any atom is -0.496 e. The molecule has 0 amide bonds. The van der Waals surface area contributed by atoms with Crippen molar-refractivity contribution in [2.75, 3.05) is 18.2 Å². The van der Waals surface area contributed by atoms with Crippen molar-refractivity contribution in [3.63, 3.8) is 0 Å². The van der Waals surface area contributed by atoms with Crippen LogP contribution in [0, 0.1) is 10.1 Å². The number of nitrogens with two attached hydrogens (primary N) is 1. The molecule has 6 nitrogen and oxygen atoms in total. The average Bonchev–Trinajstić information content (AvgIpc) is 2.60. The van der Waals surface area contributed by atoms with E-state index < -0.39 is 4.92 Å². The molecule has 0 bridgehead atoms. The van der Waals surface area contributed by atoms with E-state index in [0.717, 1.165) is 5.69 Å². The highest BCUT2D eigenvalue weighted by Gasteiger charge is 2.15.